The van der Waals surface area contributed by atoms with Gasteiger partial charge in [-0.05, 0) is 18.6 Å². The summed E-state index contributed by atoms with van der Waals surface area (Å²) in [6.45, 7) is 2.95. The molecule has 1 N–H and O–H groups in total. The fourth-order valence-electron chi connectivity index (χ4n) is 1.14. The smallest absolute Gasteiger partial charge is 0.202 e. The van der Waals surface area contributed by atoms with E-state index in [2.05, 4.69) is 26.6 Å². The number of pyridine rings is 1. The zero-order chi connectivity index (χ0) is 11.4. The summed E-state index contributed by atoms with van der Waals surface area (Å²) in [4.78, 5) is 8.18. The second-order valence-electron chi connectivity index (χ2n) is 3.21. The molecule has 2 heterocycles. The Hall–Kier alpha value is -1.56. The summed E-state index contributed by atoms with van der Waals surface area (Å²) in [5.41, 5.74) is 0.585. The summed E-state index contributed by atoms with van der Waals surface area (Å²) in [5, 5.41) is 3.91. The van der Waals surface area contributed by atoms with Crippen molar-refractivity contribution in [2.45, 2.75) is 13.3 Å². The van der Waals surface area contributed by atoms with Gasteiger partial charge < -0.3 is 5.32 Å². The van der Waals surface area contributed by atoms with Crippen LogP contribution in [0.4, 0.5) is 9.52 Å². The van der Waals surface area contributed by atoms with Gasteiger partial charge in [-0.3, -0.25) is 0 Å². The minimum atomic E-state index is -0.358. The number of hydrogen-bond acceptors (Lipinski definition) is 5. The van der Waals surface area contributed by atoms with Crippen LogP contribution < -0.4 is 5.32 Å². The van der Waals surface area contributed by atoms with E-state index in [0.29, 0.717) is 11.5 Å². The van der Waals surface area contributed by atoms with Gasteiger partial charge in [0.05, 0.1) is 6.20 Å². The number of hydrogen-bond donors (Lipinski definition) is 1. The van der Waals surface area contributed by atoms with Crippen LogP contribution in [0.15, 0.2) is 18.3 Å². The van der Waals surface area contributed by atoms with Crippen LogP contribution in [0.3, 0.4) is 0 Å². The van der Waals surface area contributed by atoms with Crippen molar-refractivity contribution in [3.8, 4) is 11.5 Å². The molecule has 0 aliphatic heterocycles. The molecular weight excluding hydrogens is 227 g/mol. The maximum absolute atomic E-state index is 12.7. The third-order valence-corrected chi connectivity index (χ3v) is 2.58. The zero-order valence-electron chi connectivity index (χ0n) is 8.77. The molecule has 6 heteroatoms. The molecule has 16 heavy (non-hydrogen) atoms. The first-order chi connectivity index (χ1) is 7.79. The minimum absolute atomic E-state index is 0.358. The normalized spacial score (nSPS) is 10.4. The Balaban J connectivity index is 2.15. The fraction of sp³-hybridized carbons (Fsp3) is 0.300. The van der Waals surface area contributed by atoms with Crippen LogP contribution in [0.5, 0.6) is 0 Å². The van der Waals surface area contributed by atoms with Gasteiger partial charge in [0.2, 0.25) is 5.13 Å². The third-order valence-electron chi connectivity index (χ3n) is 1.91. The number of anilines is 1. The molecule has 0 saturated carbocycles. The first kappa shape index (κ1) is 10.9. The molecule has 2 rings (SSSR count). The third kappa shape index (κ3) is 2.52. The summed E-state index contributed by atoms with van der Waals surface area (Å²) in [6.07, 6.45) is 2.19. The van der Waals surface area contributed by atoms with Crippen LogP contribution >= 0.6 is 11.5 Å². The molecule has 84 valence electrons. The van der Waals surface area contributed by atoms with Crippen molar-refractivity contribution < 1.29 is 4.39 Å². The summed E-state index contributed by atoms with van der Waals surface area (Å²) < 4.78 is 16.8. The number of rotatable bonds is 4. The van der Waals surface area contributed by atoms with E-state index in [9.17, 15) is 4.39 Å². The molecule has 0 saturated heterocycles. The molecule has 0 aliphatic carbocycles. The average Bonchev–Trinajstić information content (AvgIpc) is 2.76. The second kappa shape index (κ2) is 4.98. The fourth-order valence-corrected chi connectivity index (χ4v) is 1.74. The Kier molecular flexibility index (Phi) is 3.40. The van der Waals surface area contributed by atoms with Gasteiger partial charge in [0, 0.05) is 18.1 Å². The molecule has 4 nitrogen and oxygen atoms in total. The van der Waals surface area contributed by atoms with E-state index >= 15 is 0 Å². The van der Waals surface area contributed by atoms with E-state index in [0.717, 1.165) is 24.3 Å². The summed E-state index contributed by atoms with van der Waals surface area (Å²) in [5.74, 6) is 0.173. The van der Waals surface area contributed by atoms with Crippen molar-refractivity contribution in [3.05, 3.63) is 24.1 Å². The number of aromatic nitrogens is 3. The van der Waals surface area contributed by atoms with E-state index in [-0.39, 0.29) is 5.82 Å². The van der Waals surface area contributed by atoms with Crippen LogP contribution in [0.25, 0.3) is 11.5 Å². The number of halogens is 1. The van der Waals surface area contributed by atoms with Crippen LogP contribution in [0, 0.1) is 5.82 Å². The molecule has 0 atom stereocenters. The monoisotopic (exact) mass is 238 g/mol. The Labute approximate surface area is 96.7 Å². The summed E-state index contributed by atoms with van der Waals surface area (Å²) >= 11 is 1.28. The van der Waals surface area contributed by atoms with Crippen molar-refractivity contribution in [3.63, 3.8) is 0 Å². The van der Waals surface area contributed by atoms with E-state index in [1.54, 1.807) is 6.07 Å². The Morgan fingerprint density at radius 3 is 3.00 bits per heavy atom. The molecule has 0 aromatic carbocycles. The molecule has 2 aromatic heterocycles. The molecule has 0 spiro atoms. The van der Waals surface area contributed by atoms with Crippen LogP contribution in [0.1, 0.15) is 13.3 Å². The highest BCUT2D eigenvalue weighted by Gasteiger charge is 2.07. The van der Waals surface area contributed by atoms with Crippen molar-refractivity contribution in [1.29, 1.82) is 0 Å². The first-order valence-corrected chi connectivity index (χ1v) is 5.76. The standard InChI is InChI=1S/C10H11FN4S/c1-2-5-12-10-14-9(15-16-10)8-4-3-7(11)6-13-8/h3-4,6H,2,5H2,1H3,(H,12,14,15). The predicted octanol–water partition coefficient (Wildman–Crippen LogP) is 2.56. The molecule has 0 aliphatic rings. The Bertz CT molecular complexity index is 454. The lowest BCUT2D eigenvalue weighted by Crippen LogP contribution is -1.98. The maximum atomic E-state index is 12.7. The topological polar surface area (TPSA) is 50.7 Å². The van der Waals surface area contributed by atoms with Crippen LogP contribution in [-0.2, 0) is 0 Å². The predicted molar refractivity (Wildman–Crippen MR) is 61.9 cm³/mol. The second-order valence-corrected chi connectivity index (χ2v) is 3.96. The van der Waals surface area contributed by atoms with Crippen LogP contribution in [0.2, 0.25) is 0 Å². The molecule has 0 fully saturated rings. The molecule has 0 bridgehead atoms. The number of nitrogens with zero attached hydrogens (tertiary/aromatic N) is 3. The van der Waals surface area contributed by atoms with Gasteiger partial charge in [-0.2, -0.15) is 9.36 Å². The molecule has 2 aromatic rings. The van der Waals surface area contributed by atoms with E-state index in [4.69, 9.17) is 0 Å². The largest absolute Gasteiger partial charge is 0.360 e. The lowest BCUT2D eigenvalue weighted by molar-refractivity contribution is 0.621. The van der Waals surface area contributed by atoms with E-state index in [1.165, 1.54) is 17.6 Å². The summed E-state index contributed by atoms with van der Waals surface area (Å²) in [6, 6.07) is 2.92. The Morgan fingerprint density at radius 2 is 2.31 bits per heavy atom. The van der Waals surface area contributed by atoms with E-state index in [1.807, 2.05) is 0 Å². The van der Waals surface area contributed by atoms with Gasteiger partial charge >= 0.3 is 0 Å². The van der Waals surface area contributed by atoms with Crippen molar-refractivity contribution in [2.24, 2.45) is 0 Å². The van der Waals surface area contributed by atoms with E-state index < -0.39 is 0 Å². The lowest BCUT2D eigenvalue weighted by atomic mass is 10.3. The van der Waals surface area contributed by atoms with Gasteiger partial charge in [-0.15, -0.1) is 0 Å². The lowest BCUT2D eigenvalue weighted by Gasteiger charge is -1.96. The average molecular weight is 238 g/mol. The van der Waals surface area contributed by atoms with Crippen LogP contribution in [-0.4, -0.2) is 20.9 Å². The zero-order valence-corrected chi connectivity index (χ0v) is 9.59. The SMILES string of the molecule is CCCNc1nc(-c2ccc(F)cn2)ns1. The molecular formula is C10H11FN4S. The van der Waals surface area contributed by atoms with Gasteiger partial charge in [-0.25, -0.2) is 9.37 Å². The Morgan fingerprint density at radius 1 is 1.44 bits per heavy atom. The molecule has 0 amide bonds. The minimum Gasteiger partial charge on any atom is -0.360 e. The van der Waals surface area contributed by atoms with Crippen molar-refractivity contribution in [1.82, 2.24) is 14.3 Å². The van der Waals surface area contributed by atoms with Gasteiger partial charge in [0.15, 0.2) is 5.82 Å². The van der Waals surface area contributed by atoms with Gasteiger partial charge in [-0.1, -0.05) is 6.92 Å². The van der Waals surface area contributed by atoms with Crippen molar-refractivity contribution >= 4 is 16.7 Å². The maximum Gasteiger partial charge on any atom is 0.202 e. The highest BCUT2D eigenvalue weighted by Crippen LogP contribution is 2.19. The van der Waals surface area contributed by atoms with Crippen molar-refractivity contribution in [2.75, 3.05) is 11.9 Å². The van der Waals surface area contributed by atoms with Gasteiger partial charge in [0.25, 0.3) is 0 Å². The highest BCUT2D eigenvalue weighted by molar-refractivity contribution is 7.09. The highest BCUT2D eigenvalue weighted by atomic mass is 32.1. The first-order valence-electron chi connectivity index (χ1n) is 4.99. The number of nitrogens with one attached hydrogen (secondary N) is 1. The molecule has 0 unspecified atom stereocenters. The summed E-state index contributed by atoms with van der Waals surface area (Å²) in [7, 11) is 0. The van der Waals surface area contributed by atoms with Gasteiger partial charge in [0.1, 0.15) is 11.5 Å². The quantitative estimate of drug-likeness (QED) is 0.889. The molecule has 0 radical (unpaired) electrons.